The van der Waals surface area contributed by atoms with E-state index in [1.165, 1.54) is 7.11 Å². The lowest BCUT2D eigenvalue weighted by Crippen LogP contribution is -2.42. The van der Waals surface area contributed by atoms with E-state index in [2.05, 4.69) is 14.8 Å². The van der Waals surface area contributed by atoms with E-state index in [0.717, 1.165) is 17.6 Å². The van der Waals surface area contributed by atoms with E-state index in [-0.39, 0.29) is 19.0 Å². The van der Waals surface area contributed by atoms with Crippen LogP contribution in [0.25, 0.3) is 11.0 Å². The van der Waals surface area contributed by atoms with Crippen LogP contribution in [-0.2, 0) is 31.8 Å². The number of amides is 1. The number of fused-ring (bicyclic) bond motifs is 1. The summed E-state index contributed by atoms with van der Waals surface area (Å²) in [5, 5.41) is 12.9. The number of methoxy groups -OCH3 is 2. The summed E-state index contributed by atoms with van der Waals surface area (Å²) in [7, 11) is -1.96. The Morgan fingerprint density at radius 1 is 1.09 bits per heavy atom. The molecule has 5 rings (SSSR count). The summed E-state index contributed by atoms with van der Waals surface area (Å²) in [6.07, 6.45) is -6.96. The molecule has 0 saturated carbocycles. The number of phosphoric ester groups is 1. The molecular weight excluding hydrogens is 655 g/mol. The highest BCUT2D eigenvalue weighted by Crippen LogP contribution is 2.44. The van der Waals surface area contributed by atoms with Crippen molar-refractivity contribution in [2.75, 3.05) is 26.1 Å². The van der Waals surface area contributed by atoms with Crippen molar-refractivity contribution >= 4 is 30.7 Å². The van der Waals surface area contributed by atoms with Crippen LogP contribution < -0.4 is 25.2 Å². The topological polar surface area (TPSA) is 210 Å². The van der Waals surface area contributed by atoms with Gasteiger partial charge in [0.1, 0.15) is 42.4 Å². The Bertz CT molecular complexity index is 1840. The molecule has 1 saturated heterocycles. The summed E-state index contributed by atoms with van der Waals surface area (Å²) in [5.41, 5.74) is -0.137. The molecule has 1 aliphatic heterocycles. The number of hydrogen-bond donors (Lipinski definition) is 4. The number of furan rings is 1. The number of carbonyl (C=O) groups is 1. The molecule has 3 heterocycles. The third-order valence-corrected chi connectivity index (χ3v) is 7.32. The summed E-state index contributed by atoms with van der Waals surface area (Å²) in [4.78, 5) is 45.8. The zero-order chi connectivity index (χ0) is 33.9. The molecule has 1 fully saturated rings. The molecule has 47 heavy (non-hydrogen) atoms. The summed E-state index contributed by atoms with van der Waals surface area (Å²) in [5.74, 6) is -2.18. The minimum atomic E-state index is -5.04. The van der Waals surface area contributed by atoms with Crippen molar-refractivity contribution in [2.24, 2.45) is 0 Å². The van der Waals surface area contributed by atoms with Crippen molar-refractivity contribution in [2.45, 2.75) is 37.6 Å². The van der Waals surface area contributed by atoms with E-state index < -0.39 is 50.6 Å². The molecule has 19 heteroatoms. The van der Waals surface area contributed by atoms with E-state index in [1.807, 2.05) is 12.1 Å². The van der Waals surface area contributed by atoms with Crippen LogP contribution >= 0.6 is 7.82 Å². The van der Waals surface area contributed by atoms with E-state index >= 15 is 0 Å². The molecular formula is C28H28F2N3O13P. The number of aromatic nitrogens is 2. The summed E-state index contributed by atoms with van der Waals surface area (Å²) in [6.45, 7) is -1.12. The van der Waals surface area contributed by atoms with E-state index in [4.69, 9.17) is 37.9 Å². The van der Waals surface area contributed by atoms with Crippen LogP contribution in [0.4, 0.5) is 19.4 Å². The lowest BCUT2D eigenvalue weighted by atomic mass is 10.1. The number of ether oxygens (including phenoxy) is 5. The molecule has 252 valence electrons. The monoisotopic (exact) mass is 683 g/mol. The fourth-order valence-corrected chi connectivity index (χ4v) is 4.89. The van der Waals surface area contributed by atoms with Crippen molar-refractivity contribution in [1.82, 2.24) is 9.55 Å². The third-order valence-electron chi connectivity index (χ3n) is 6.84. The summed E-state index contributed by atoms with van der Waals surface area (Å²) >= 11 is 0. The Labute approximate surface area is 263 Å². The number of rotatable bonds is 12. The minimum absolute atomic E-state index is 0.126. The summed E-state index contributed by atoms with van der Waals surface area (Å²) in [6, 6.07) is 13.0. The van der Waals surface area contributed by atoms with E-state index in [1.54, 1.807) is 37.4 Å². The lowest BCUT2D eigenvalue weighted by Gasteiger charge is -2.21. The van der Waals surface area contributed by atoms with Crippen LogP contribution in [0.1, 0.15) is 17.6 Å². The number of anilines is 1. The number of carbonyl (C=O) groups excluding carboxylic acids is 1. The van der Waals surface area contributed by atoms with Gasteiger partial charge in [-0.15, -0.1) is 0 Å². The van der Waals surface area contributed by atoms with Crippen molar-refractivity contribution in [3.63, 3.8) is 0 Å². The Kier molecular flexibility index (Phi) is 9.81. The Morgan fingerprint density at radius 2 is 1.83 bits per heavy atom. The van der Waals surface area contributed by atoms with Gasteiger partial charge in [-0.1, -0.05) is 12.1 Å². The van der Waals surface area contributed by atoms with Gasteiger partial charge in [-0.2, -0.15) is 13.8 Å². The second-order valence-electron chi connectivity index (χ2n) is 10.0. The molecule has 0 spiro atoms. The molecule has 1 amide bonds. The van der Waals surface area contributed by atoms with Crippen LogP contribution in [0.15, 0.2) is 63.9 Å². The zero-order valence-corrected chi connectivity index (χ0v) is 25.5. The van der Waals surface area contributed by atoms with Crippen molar-refractivity contribution in [3.05, 3.63) is 76.5 Å². The number of phosphoric acid groups is 1. The molecule has 3 atom stereocenters. The van der Waals surface area contributed by atoms with Crippen molar-refractivity contribution < 1.29 is 65.7 Å². The number of alkyl halides is 2. The molecule has 4 aromatic rings. The molecule has 4 N–H and O–H groups in total. The van der Waals surface area contributed by atoms with Crippen LogP contribution in [-0.4, -0.2) is 69.5 Å². The fraction of sp³-hybridized carbons (Fsp3) is 0.321. The van der Waals surface area contributed by atoms with Gasteiger partial charge in [0, 0.05) is 17.6 Å². The van der Waals surface area contributed by atoms with Gasteiger partial charge in [-0.25, -0.2) is 14.2 Å². The SMILES string of the molecule is COc1cc(OC)c2oc(COc3ccc(COC(=O)Nc4ccn(C5OC(COP(=O)(O)O)[C@@H](O)C5(F)F)c(=O)n4)cc3)cc2c1. The molecule has 0 radical (unpaired) electrons. The van der Waals surface area contributed by atoms with Gasteiger partial charge >= 0.3 is 25.5 Å². The normalized spacial score (nSPS) is 19.0. The van der Waals surface area contributed by atoms with Gasteiger partial charge in [-0.3, -0.25) is 14.4 Å². The first-order valence-electron chi connectivity index (χ1n) is 13.6. The standard InChI is InChI=1S/C28H28F2N3O13P/c1-40-18-9-16-10-19(45-23(16)20(11-18)41-2)13-42-17-5-3-15(4-6-17)12-43-27(36)32-22-7-8-33(26(35)31-22)25-28(29,30)24(34)21(46-25)14-44-47(37,38)39/h3-11,21,24-25,34H,12-14H2,1-2H3,(H2,37,38,39)(H,31,32,35,36)/t21?,24-,25?/m1/s1. The largest absolute Gasteiger partial charge is 0.497 e. The van der Waals surface area contributed by atoms with Crippen molar-refractivity contribution in [3.8, 4) is 17.2 Å². The molecule has 1 aliphatic rings. The Balaban J connectivity index is 1.12. The molecule has 2 unspecified atom stereocenters. The highest BCUT2D eigenvalue weighted by atomic mass is 31.2. The first-order chi connectivity index (χ1) is 22.3. The molecule has 2 aromatic heterocycles. The highest BCUT2D eigenvalue weighted by molar-refractivity contribution is 7.46. The van der Waals surface area contributed by atoms with E-state index in [0.29, 0.717) is 38.7 Å². The quantitative estimate of drug-likeness (QED) is 0.158. The number of aliphatic hydroxyl groups is 1. The number of aliphatic hydroxyl groups excluding tert-OH is 1. The van der Waals surface area contributed by atoms with Crippen LogP contribution in [0.2, 0.25) is 0 Å². The van der Waals surface area contributed by atoms with Gasteiger partial charge in [0.2, 0.25) is 6.23 Å². The van der Waals surface area contributed by atoms with Crippen LogP contribution in [0, 0.1) is 0 Å². The maximum absolute atomic E-state index is 14.6. The summed E-state index contributed by atoms with van der Waals surface area (Å²) < 4.78 is 77.0. The maximum atomic E-state index is 14.6. The minimum Gasteiger partial charge on any atom is -0.497 e. The second-order valence-corrected chi connectivity index (χ2v) is 11.3. The molecule has 0 bridgehead atoms. The molecule has 16 nitrogen and oxygen atoms in total. The lowest BCUT2D eigenvalue weighted by molar-refractivity contribution is -0.140. The van der Waals surface area contributed by atoms with E-state index in [9.17, 15) is 28.0 Å². The second kappa shape index (κ2) is 13.6. The predicted molar refractivity (Wildman–Crippen MR) is 155 cm³/mol. The first kappa shape index (κ1) is 33.8. The average Bonchev–Trinajstić information content (AvgIpc) is 3.54. The zero-order valence-electron chi connectivity index (χ0n) is 24.6. The fourth-order valence-electron chi connectivity index (χ4n) is 4.55. The van der Waals surface area contributed by atoms with Crippen LogP contribution in [0.3, 0.4) is 0 Å². The maximum Gasteiger partial charge on any atom is 0.469 e. The predicted octanol–water partition coefficient (Wildman–Crippen LogP) is 3.34. The number of hydrogen-bond acceptors (Lipinski definition) is 12. The number of halogens is 2. The molecule has 0 aliphatic carbocycles. The van der Waals surface area contributed by atoms with Gasteiger partial charge in [0.05, 0.1) is 20.8 Å². The Morgan fingerprint density at radius 3 is 2.49 bits per heavy atom. The Hall–Kier alpha value is -4.58. The van der Waals surface area contributed by atoms with Gasteiger partial charge in [0.15, 0.2) is 17.4 Å². The number of nitrogens with zero attached hydrogens (tertiary/aromatic N) is 2. The average molecular weight is 684 g/mol. The smallest absolute Gasteiger partial charge is 0.469 e. The van der Waals surface area contributed by atoms with Gasteiger partial charge in [0.25, 0.3) is 0 Å². The van der Waals surface area contributed by atoms with Crippen LogP contribution in [0.5, 0.6) is 17.2 Å². The van der Waals surface area contributed by atoms with Gasteiger partial charge < -0.3 is 43.0 Å². The highest BCUT2D eigenvalue weighted by Gasteiger charge is 2.60. The van der Waals surface area contributed by atoms with Crippen molar-refractivity contribution in [1.29, 1.82) is 0 Å². The number of benzene rings is 2. The van der Waals surface area contributed by atoms with Gasteiger partial charge in [-0.05, 0) is 35.9 Å². The third kappa shape index (κ3) is 7.87. The first-order valence-corrected chi connectivity index (χ1v) is 15.1. The number of nitrogens with one attached hydrogen (secondary N) is 1. The molecule has 2 aromatic carbocycles.